The minimum absolute atomic E-state index is 0.160. The first-order valence-electron chi connectivity index (χ1n) is 9.75. The van der Waals surface area contributed by atoms with Gasteiger partial charge in [-0.1, -0.05) is 12.1 Å². The van der Waals surface area contributed by atoms with Crippen LogP contribution >= 0.6 is 11.3 Å². The van der Waals surface area contributed by atoms with Crippen molar-refractivity contribution in [3.8, 4) is 11.5 Å². The number of ether oxygens (including phenoxy) is 2. The van der Waals surface area contributed by atoms with Gasteiger partial charge < -0.3 is 14.4 Å². The van der Waals surface area contributed by atoms with Crippen LogP contribution in [0.5, 0.6) is 11.5 Å². The molecule has 0 radical (unpaired) electrons. The summed E-state index contributed by atoms with van der Waals surface area (Å²) in [6.07, 6.45) is 2.22. The summed E-state index contributed by atoms with van der Waals surface area (Å²) in [5, 5.41) is 1.96. The van der Waals surface area contributed by atoms with Gasteiger partial charge in [-0.3, -0.25) is 9.69 Å². The van der Waals surface area contributed by atoms with Gasteiger partial charge in [0.2, 0.25) is 6.79 Å². The Labute approximate surface area is 168 Å². The molecule has 1 aromatic carbocycles. The van der Waals surface area contributed by atoms with E-state index in [1.165, 1.54) is 16.9 Å². The molecule has 2 aromatic rings. The van der Waals surface area contributed by atoms with E-state index in [9.17, 15) is 4.79 Å². The van der Waals surface area contributed by atoms with Crippen LogP contribution in [0.1, 0.15) is 34.1 Å². The highest BCUT2D eigenvalue weighted by Crippen LogP contribution is 2.36. The summed E-state index contributed by atoms with van der Waals surface area (Å²) in [6, 6.07) is 10.2. The van der Waals surface area contributed by atoms with Gasteiger partial charge in [0, 0.05) is 32.2 Å². The molecule has 3 aliphatic heterocycles. The van der Waals surface area contributed by atoms with Crippen LogP contribution in [0.15, 0.2) is 35.7 Å². The summed E-state index contributed by atoms with van der Waals surface area (Å²) in [5.74, 6) is 1.79. The van der Waals surface area contributed by atoms with Crippen molar-refractivity contribution in [2.45, 2.75) is 25.0 Å². The zero-order chi connectivity index (χ0) is 18.9. The van der Waals surface area contributed by atoms with Crippen LogP contribution in [-0.4, -0.2) is 54.8 Å². The van der Waals surface area contributed by atoms with Crippen molar-refractivity contribution in [3.05, 3.63) is 46.2 Å². The highest BCUT2D eigenvalue weighted by Gasteiger charge is 2.32. The number of rotatable bonds is 3. The van der Waals surface area contributed by atoms with Gasteiger partial charge in [-0.2, -0.15) is 0 Å². The Bertz CT molecular complexity index is 844. The molecule has 2 saturated heterocycles. The number of carbonyl (C=O) groups is 1. The minimum Gasteiger partial charge on any atom is -0.454 e. The van der Waals surface area contributed by atoms with Crippen LogP contribution in [0.3, 0.4) is 0 Å². The van der Waals surface area contributed by atoms with Crippen molar-refractivity contribution in [3.63, 3.8) is 0 Å². The topological polar surface area (TPSA) is 66.1 Å². The van der Waals surface area contributed by atoms with E-state index in [0.29, 0.717) is 6.79 Å². The van der Waals surface area contributed by atoms with E-state index in [2.05, 4.69) is 27.9 Å². The maximum absolute atomic E-state index is 12.6. The molecule has 2 N–H and O–H groups in total. The fourth-order valence-electron chi connectivity index (χ4n) is 4.14. The summed E-state index contributed by atoms with van der Waals surface area (Å²) in [6.45, 7) is 3.75. The molecule has 0 spiro atoms. The first-order chi connectivity index (χ1) is 13.8. The van der Waals surface area contributed by atoms with Crippen LogP contribution < -0.4 is 20.3 Å². The molecule has 1 aromatic heterocycles. The molecule has 1 amide bonds. The Hall–Kier alpha value is -2.13. The maximum Gasteiger partial charge on any atom is 0.263 e. The number of nitrogens with zero attached hydrogens (tertiary/aromatic N) is 2. The Morgan fingerprint density at radius 1 is 1.07 bits per heavy atom. The minimum atomic E-state index is 0.160. The molecule has 7 nitrogen and oxygen atoms in total. The third kappa shape index (κ3) is 3.48. The second-order valence-electron chi connectivity index (χ2n) is 7.36. The van der Waals surface area contributed by atoms with Crippen molar-refractivity contribution < 1.29 is 14.3 Å². The molecule has 4 heterocycles. The smallest absolute Gasteiger partial charge is 0.263 e. The average molecular weight is 401 g/mol. The maximum atomic E-state index is 12.6. The Morgan fingerprint density at radius 2 is 2.00 bits per heavy atom. The molecule has 5 rings (SSSR count). The van der Waals surface area contributed by atoms with E-state index in [-0.39, 0.29) is 18.1 Å². The number of hydrogen-bond donors (Lipinski definition) is 2. The van der Waals surface area contributed by atoms with Crippen LogP contribution in [0, 0.1) is 0 Å². The summed E-state index contributed by atoms with van der Waals surface area (Å²) in [4.78, 5) is 17.9. The zero-order valence-electron chi connectivity index (χ0n) is 15.6. The third-order valence-corrected chi connectivity index (χ3v) is 6.53. The molecule has 0 aliphatic carbocycles. The molecule has 2 fully saturated rings. The van der Waals surface area contributed by atoms with Crippen molar-refractivity contribution >= 4 is 17.2 Å². The molecule has 2 unspecified atom stereocenters. The SMILES string of the molecule is O=C(c1cccs1)N1CCCN(C2CC(c3ccc4c(c3)OCO4)NN2)CC1. The van der Waals surface area contributed by atoms with Gasteiger partial charge in [0.1, 0.15) is 0 Å². The van der Waals surface area contributed by atoms with Crippen molar-refractivity contribution in [2.75, 3.05) is 33.0 Å². The van der Waals surface area contributed by atoms with Gasteiger partial charge in [-0.15, -0.1) is 11.3 Å². The van der Waals surface area contributed by atoms with E-state index >= 15 is 0 Å². The number of hydrazine groups is 1. The highest BCUT2D eigenvalue weighted by molar-refractivity contribution is 7.12. The first-order valence-corrected chi connectivity index (χ1v) is 10.6. The monoisotopic (exact) mass is 400 g/mol. The fraction of sp³-hybridized carbons (Fsp3) is 0.450. The van der Waals surface area contributed by atoms with E-state index < -0.39 is 0 Å². The normalized spacial score (nSPS) is 25.1. The molecular weight excluding hydrogens is 376 g/mol. The van der Waals surface area contributed by atoms with Gasteiger partial charge in [0.25, 0.3) is 5.91 Å². The Kier molecular flexibility index (Phi) is 4.94. The van der Waals surface area contributed by atoms with Gasteiger partial charge in [-0.05, 0) is 42.0 Å². The van der Waals surface area contributed by atoms with E-state index in [1.54, 1.807) is 0 Å². The van der Waals surface area contributed by atoms with Crippen LogP contribution in [0.4, 0.5) is 0 Å². The van der Waals surface area contributed by atoms with Crippen LogP contribution in [-0.2, 0) is 0 Å². The second kappa shape index (κ2) is 7.71. The Morgan fingerprint density at radius 3 is 2.89 bits per heavy atom. The van der Waals surface area contributed by atoms with Crippen molar-refractivity contribution in [1.82, 2.24) is 20.7 Å². The van der Waals surface area contributed by atoms with Gasteiger partial charge in [0.15, 0.2) is 11.5 Å². The first kappa shape index (κ1) is 17.9. The second-order valence-corrected chi connectivity index (χ2v) is 8.31. The molecule has 28 heavy (non-hydrogen) atoms. The number of hydrogen-bond acceptors (Lipinski definition) is 7. The highest BCUT2D eigenvalue weighted by atomic mass is 32.1. The zero-order valence-corrected chi connectivity index (χ0v) is 16.4. The molecule has 148 valence electrons. The van der Waals surface area contributed by atoms with E-state index in [1.807, 2.05) is 28.5 Å². The average Bonchev–Trinajstić information content (AvgIpc) is 3.46. The van der Waals surface area contributed by atoms with Gasteiger partial charge in [-0.25, -0.2) is 10.9 Å². The lowest BCUT2D eigenvalue weighted by Gasteiger charge is -2.27. The van der Waals surface area contributed by atoms with E-state index in [0.717, 1.165) is 55.4 Å². The summed E-state index contributed by atoms with van der Waals surface area (Å²) < 4.78 is 10.9. The summed E-state index contributed by atoms with van der Waals surface area (Å²) >= 11 is 1.52. The van der Waals surface area contributed by atoms with Crippen LogP contribution in [0.2, 0.25) is 0 Å². The lowest BCUT2D eigenvalue weighted by molar-refractivity contribution is 0.0761. The van der Waals surface area contributed by atoms with Gasteiger partial charge in [0.05, 0.1) is 11.0 Å². The number of benzene rings is 1. The molecule has 2 atom stereocenters. The number of fused-ring (bicyclic) bond motifs is 1. The molecule has 0 saturated carbocycles. The molecule has 0 bridgehead atoms. The lowest BCUT2D eigenvalue weighted by atomic mass is 10.0. The predicted molar refractivity (Wildman–Crippen MR) is 106 cm³/mol. The van der Waals surface area contributed by atoms with Crippen molar-refractivity contribution in [1.29, 1.82) is 0 Å². The number of amides is 1. The number of carbonyl (C=O) groups excluding carboxylic acids is 1. The fourth-order valence-corrected chi connectivity index (χ4v) is 4.83. The molecule has 8 heteroatoms. The standard InChI is InChI=1S/C20H24N4O3S/c25-20(18-3-1-10-28-18)24-7-2-6-23(8-9-24)19-12-15(21-22-19)14-4-5-16-17(11-14)27-13-26-16/h1,3-5,10-11,15,19,21-22H,2,6-9,12-13H2. The molecular formula is C20H24N4O3S. The van der Waals surface area contributed by atoms with E-state index in [4.69, 9.17) is 9.47 Å². The third-order valence-electron chi connectivity index (χ3n) is 5.67. The lowest BCUT2D eigenvalue weighted by Crippen LogP contribution is -2.46. The van der Waals surface area contributed by atoms with Crippen LogP contribution in [0.25, 0.3) is 0 Å². The number of thiophene rings is 1. The van der Waals surface area contributed by atoms with Gasteiger partial charge >= 0.3 is 0 Å². The predicted octanol–water partition coefficient (Wildman–Crippen LogP) is 2.19. The Balaban J connectivity index is 1.20. The number of nitrogens with one attached hydrogen (secondary N) is 2. The summed E-state index contributed by atoms with van der Waals surface area (Å²) in [5.41, 5.74) is 8.06. The molecule has 3 aliphatic rings. The largest absolute Gasteiger partial charge is 0.454 e. The summed E-state index contributed by atoms with van der Waals surface area (Å²) in [7, 11) is 0. The quantitative estimate of drug-likeness (QED) is 0.824. The van der Waals surface area contributed by atoms with Crippen molar-refractivity contribution in [2.24, 2.45) is 0 Å².